The molecule has 0 fully saturated rings. The molecule has 0 radical (unpaired) electrons. The Hall–Kier alpha value is -4.00. The van der Waals surface area contributed by atoms with Crippen molar-refractivity contribution in [3.8, 4) is 23.0 Å². The molecular formula is C21H25N3O9S. The minimum atomic E-state index is -3.84. The number of carbonyl (C=O) groups is 2. The van der Waals surface area contributed by atoms with Crippen molar-refractivity contribution in [1.29, 1.82) is 0 Å². The number of hydrogen-bond donors (Lipinski definition) is 1. The third-order valence-electron chi connectivity index (χ3n) is 4.29. The molecule has 0 atom stereocenters. The molecule has 184 valence electrons. The molecule has 0 aromatic heterocycles. The highest BCUT2D eigenvalue weighted by atomic mass is 32.2. The summed E-state index contributed by atoms with van der Waals surface area (Å²) in [5, 5.41) is 3.84. The topological polar surface area (TPSA) is 142 Å². The molecule has 13 heteroatoms. The molecule has 2 aromatic rings. The summed E-state index contributed by atoms with van der Waals surface area (Å²) in [5.74, 6) is 0.337. The van der Waals surface area contributed by atoms with Crippen LogP contribution in [0.15, 0.2) is 41.5 Å². The van der Waals surface area contributed by atoms with Crippen molar-refractivity contribution in [2.75, 3.05) is 45.5 Å². The van der Waals surface area contributed by atoms with E-state index in [2.05, 4.69) is 15.3 Å². The smallest absolute Gasteiger partial charge is 0.497 e. The summed E-state index contributed by atoms with van der Waals surface area (Å²) in [4.78, 5) is 23.7. The van der Waals surface area contributed by atoms with E-state index < -0.39 is 28.6 Å². The lowest BCUT2D eigenvalue weighted by atomic mass is 10.2. The monoisotopic (exact) mass is 495 g/mol. The first-order valence-electron chi connectivity index (χ1n) is 9.58. The Morgan fingerprint density at radius 2 is 1.68 bits per heavy atom. The summed E-state index contributed by atoms with van der Waals surface area (Å²) in [6, 6.07) is 9.05. The maximum Gasteiger partial charge on any atom is 0.513 e. The van der Waals surface area contributed by atoms with Gasteiger partial charge in [-0.25, -0.2) is 18.6 Å². The Labute approximate surface area is 197 Å². The zero-order valence-electron chi connectivity index (χ0n) is 19.2. The normalized spacial score (nSPS) is 11.0. The van der Waals surface area contributed by atoms with Gasteiger partial charge in [0, 0.05) is 6.07 Å². The molecule has 0 aliphatic rings. The van der Waals surface area contributed by atoms with Crippen LogP contribution in [0.2, 0.25) is 0 Å². The van der Waals surface area contributed by atoms with Crippen molar-refractivity contribution in [3.05, 3.63) is 42.0 Å². The Kier molecular flexibility index (Phi) is 9.07. The summed E-state index contributed by atoms with van der Waals surface area (Å²) in [7, 11) is 1.56. The van der Waals surface area contributed by atoms with Crippen LogP contribution in [0.4, 0.5) is 10.5 Å². The van der Waals surface area contributed by atoms with Crippen LogP contribution in [-0.2, 0) is 19.6 Å². The number of sulfonamides is 1. The molecule has 0 spiro atoms. The number of carbonyl (C=O) groups excluding carboxylic acids is 2. The van der Waals surface area contributed by atoms with Crippen LogP contribution in [0, 0.1) is 0 Å². The lowest BCUT2D eigenvalue weighted by Gasteiger charge is -2.23. The highest BCUT2D eigenvalue weighted by molar-refractivity contribution is 7.92. The molecule has 0 aliphatic carbocycles. The Bertz CT molecular complexity index is 1170. The third kappa shape index (κ3) is 7.00. The first kappa shape index (κ1) is 26.3. The van der Waals surface area contributed by atoms with Gasteiger partial charge in [-0.3, -0.25) is 9.10 Å². The van der Waals surface area contributed by atoms with Crippen LogP contribution in [0.1, 0.15) is 5.56 Å². The largest absolute Gasteiger partial charge is 0.513 e. The van der Waals surface area contributed by atoms with Gasteiger partial charge in [0.25, 0.3) is 5.91 Å². The lowest BCUT2D eigenvalue weighted by molar-refractivity contribution is -0.119. The van der Waals surface area contributed by atoms with Gasteiger partial charge >= 0.3 is 6.16 Å². The van der Waals surface area contributed by atoms with Gasteiger partial charge in [0.05, 0.1) is 46.6 Å². The quantitative estimate of drug-likeness (QED) is 0.226. The molecule has 0 unspecified atom stereocenters. The summed E-state index contributed by atoms with van der Waals surface area (Å²) < 4.78 is 50.5. The second kappa shape index (κ2) is 11.7. The highest BCUT2D eigenvalue weighted by Gasteiger charge is 2.24. The molecule has 2 aromatic carbocycles. The van der Waals surface area contributed by atoms with E-state index >= 15 is 0 Å². The molecule has 12 nitrogen and oxygen atoms in total. The fourth-order valence-electron chi connectivity index (χ4n) is 2.70. The van der Waals surface area contributed by atoms with E-state index in [-0.39, 0.29) is 22.9 Å². The van der Waals surface area contributed by atoms with Gasteiger partial charge in [-0.15, -0.1) is 0 Å². The van der Waals surface area contributed by atoms with Gasteiger partial charge < -0.3 is 23.7 Å². The van der Waals surface area contributed by atoms with Gasteiger partial charge in [0.1, 0.15) is 18.0 Å². The van der Waals surface area contributed by atoms with E-state index in [1.54, 1.807) is 12.1 Å². The predicted octanol–water partition coefficient (Wildman–Crippen LogP) is 1.77. The van der Waals surface area contributed by atoms with Gasteiger partial charge in [-0.05, 0) is 35.9 Å². The Morgan fingerprint density at radius 3 is 2.26 bits per heavy atom. The number of ether oxygens (including phenoxy) is 5. The van der Waals surface area contributed by atoms with E-state index in [1.807, 2.05) is 0 Å². The number of methoxy groups -OCH3 is 4. The lowest BCUT2D eigenvalue weighted by Crippen LogP contribution is -2.39. The second-order valence-electron chi connectivity index (χ2n) is 6.57. The highest BCUT2D eigenvalue weighted by Crippen LogP contribution is 2.33. The predicted molar refractivity (Wildman–Crippen MR) is 123 cm³/mol. The van der Waals surface area contributed by atoms with Crippen molar-refractivity contribution in [2.24, 2.45) is 5.10 Å². The number of rotatable bonds is 10. The van der Waals surface area contributed by atoms with Crippen LogP contribution in [0.5, 0.6) is 23.0 Å². The molecule has 2 rings (SSSR count). The molecule has 0 heterocycles. The van der Waals surface area contributed by atoms with Crippen molar-refractivity contribution in [3.63, 3.8) is 0 Å². The maximum absolute atomic E-state index is 12.4. The van der Waals surface area contributed by atoms with E-state index in [9.17, 15) is 18.0 Å². The SMILES string of the molecule is COC(=O)Oc1ccc(/C=N\NC(=O)CN(c2ccc(OC)cc2OC)S(C)(=O)=O)cc1OC. The number of amides is 1. The van der Waals surface area contributed by atoms with Crippen LogP contribution < -0.4 is 28.7 Å². The minimum absolute atomic E-state index is 0.132. The average molecular weight is 496 g/mol. The second-order valence-corrected chi connectivity index (χ2v) is 8.47. The van der Waals surface area contributed by atoms with Gasteiger partial charge in [-0.2, -0.15) is 5.10 Å². The number of anilines is 1. The van der Waals surface area contributed by atoms with Gasteiger partial charge in [0.2, 0.25) is 10.0 Å². The minimum Gasteiger partial charge on any atom is -0.497 e. The summed E-state index contributed by atoms with van der Waals surface area (Å²) in [5.41, 5.74) is 2.94. The molecular weight excluding hydrogens is 470 g/mol. The molecule has 1 amide bonds. The van der Waals surface area contributed by atoms with Crippen LogP contribution >= 0.6 is 0 Å². The van der Waals surface area contributed by atoms with Gasteiger partial charge in [0.15, 0.2) is 11.5 Å². The number of nitrogens with one attached hydrogen (secondary N) is 1. The Morgan fingerprint density at radius 1 is 0.971 bits per heavy atom. The van der Waals surface area contributed by atoms with Crippen molar-refractivity contribution >= 4 is 34.0 Å². The average Bonchev–Trinajstić information content (AvgIpc) is 2.82. The summed E-state index contributed by atoms with van der Waals surface area (Å²) in [6.07, 6.45) is 1.37. The van der Waals surface area contributed by atoms with Crippen LogP contribution in [0.3, 0.4) is 0 Å². The molecule has 0 bridgehead atoms. The summed E-state index contributed by atoms with van der Waals surface area (Å²) in [6.45, 7) is -0.548. The fourth-order valence-corrected chi connectivity index (χ4v) is 3.56. The van der Waals surface area contributed by atoms with E-state index in [1.165, 1.54) is 58.9 Å². The molecule has 34 heavy (non-hydrogen) atoms. The van der Waals surface area contributed by atoms with Crippen molar-refractivity contribution in [1.82, 2.24) is 5.43 Å². The summed E-state index contributed by atoms with van der Waals surface area (Å²) >= 11 is 0. The van der Waals surface area contributed by atoms with E-state index in [0.29, 0.717) is 11.3 Å². The number of hydrogen-bond acceptors (Lipinski definition) is 10. The number of benzene rings is 2. The van der Waals surface area contributed by atoms with E-state index in [4.69, 9.17) is 18.9 Å². The van der Waals surface area contributed by atoms with E-state index in [0.717, 1.165) is 10.6 Å². The maximum atomic E-state index is 12.4. The molecule has 0 aliphatic heterocycles. The van der Waals surface area contributed by atoms with Crippen LogP contribution in [-0.4, -0.2) is 67.9 Å². The van der Waals surface area contributed by atoms with Crippen molar-refractivity contribution < 1.29 is 41.7 Å². The first-order chi connectivity index (χ1) is 16.1. The first-order valence-corrected chi connectivity index (χ1v) is 11.4. The molecule has 1 N–H and O–H groups in total. The standard InChI is InChI=1S/C21H25N3O9S/c1-29-15-7-8-16(18(11-15)30-2)24(34(5,27)28)13-20(25)23-22-12-14-6-9-17(19(10-14)31-3)33-21(26)32-4/h6-12H,13H2,1-5H3,(H,23,25)/b22-12-. The van der Waals surface area contributed by atoms with Crippen molar-refractivity contribution in [2.45, 2.75) is 0 Å². The number of hydrazone groups is 1. The Balaban J connectivity index is 2.15. The zero-order valence-corrected chi connectivity index (χ0v) is 20.0. The number of nitrogens with zero attached hydrogens (tertiary/aromatic N) is 2. The fraction of sp³-hybridized carbons (Fsp3) is 0.286. The van der Waals surface area contributed by atoms with Gasteiger partial charge in [-0.1, -0.05) is 0 Å². The zero-order chi connectivity index (χ0) is 25.3. The third-order valence-corrected chi connectivity index (χ3v) is 5.42. The molecule has 0 saturated carbocycles. The molecule has 0 saturated heterocycles. The van der Waals surface area contributed by atoms with Crippen LogP contribution in [0.25, 0.3) is 0 Å².